The monoisotopic (exact) mass is 279 g/mol. The Morgan fingerprint density at radius 2 is 1.94 bits per heavy atom. The smallest absolute Gasteiger partial charge is 0.323 e. The highest BCUT2D eigenvalue weighted by Gasteiger charge is 2.18. The number of hydrogen-bond donors (Lipinski definition) is 1. The molecule has 1 aromatic carbocycles. The molecular weight excluding hydrogens is 264 g/mol. The van der Waals surface area contributed by atoms with Gasteiger partial charge in [-0.1, -0.05) is 19.9 Å². The van der Waals surface area contributed by atoms with Gasteiger partial charge < -0.3 is 10.5 Å². The van der Waals surface area contributed by atoms with Crippen molar-refractivity contribution < 1.29 is 18.3 Å². The number of carbonyl (C=O) groups is 1. The molecule has 102 valence electrons. The zero-order valence-electron chi connectivity index (χ0n) is 10.2. The number of ether oxygens (including phenoxy) is 1. The summed E-state index contributed by atoms with van der Waals surface area (Å²) < 4.78 is 30.4. The maximum absolute atomic E-state index is 12.9. The summed E-state index contributed by atoms with van der Waals surface area (Å²) in [5.41, 5.74) is 5.95. The van der Waals surface area contributed by atoms with Crippen molar-refractivity contribution >= 4 is 18.4 Å². The Morgan fingerprint density at radius 3 is 2.44 bits per heavy atom. The standard InChI is InChI=1S/C12H15F2NO2.ClH/c1-7(2)11(15)12(16)17-6-8-3-4-9(13)10(14)5-8;/h3-5,7,11H,6,15H2,1-2H3;1H/t11-;/m0./s1. The van der Waals surface area contributed by atoms with Crippen LogP contribution in [0.3, 0.4) is 0 Å². The highest BCUT2D eigenvalue weighted by atomic mass is 35.5. The molecule has 0 saturated heterocycles. The van der Waals surface area contributed by atoms with Gasteiger partial charge in [-0.25, -0.2) is 8.78 Å². The molecule has 0 saturated carbocycles. The van der Waals surface area contributed by atoms with Gasteiger partial charge in [-0.05, 0) is 23.6 Å². The summed E-state index contributed by atoms with van der Waals surface area (Å²) in [6, 6.07) is 2.62. The van der Waals surface area contributed by atoms with Crippen molar-refractivity contribution in [3.63, 3.8) is 0 Å². The van der Waals surface area contributed by atoms with E-state index in [9.17, 15) is 13.6 Å². The lowest BCUT2D eigenvalue weighted by Gasteiger charge is -2.14. The molecule has 2 N–H and O–H groups in total. The summed E-state index contributed by atoms with van der Waals surface area (Å²) in [5, 5.41) is 0. The lowest BCUT2D eigenvalue weighted by molar-refractivity contribution is -0.147. The quantitative estimate of drug-likeness (QED) is 0.861. The van der Waals surface area contributed by atoms with Crippen LogP contribution in [-0.4, -0.2) is 12.0 Å². The van der Waals surface area contributed by atoms with Crippen molar-refractivity contribution in [2.45, 2.75) is 26.5 Å². The summed E-state index contributed by atoms with van der Waals surface area (Å²) in [6.45, 7) is 3.48. The fraction of sp³-hybridized carbons (Fsp3) is 0.417. The third-order valence-electron chi connectivity index (χ3n) is 2.36. The van der Waals surface area contributed by atoms with Gasteiger partial charge in [0.1, 0.15) is 12.6 Å². The first-order valence-electron chi connectivity index (χ1n) is 5.28. The van der Waals surface area contributed by atoms with Crippen molar-refractivity contribution in [2.75, 3.05) is 0 Å². The summed E-state index contributed by atoms with van der Waals surface area (Å²) in [6.07, 6.45) is 0. The van der Waals surface area contributed by atoms with Crippen LogP contribution in [0.2, 0.25) is 0 Å². The van der Waals surface area contributed by atoms with Crippen molar-refractivity contribution in [2.24, 2.45) is 11.7 Å². The van der Waals surface area contributed by atoms with Gasteiger partial charge in [0.25, 0.3) is 0 Å². The molecule has 0 heterocycles. The van der Waals surface area contributed by atoms with E-state index >= 15 is 0 Å². The molecule has 0 bridgehead atoms. The van der Waals surface area contributed by atoms with Crippen LogP contribution in [0.4, 0.5) is 8.78 Å². The number of halogens is 3. The Labute approximate surface area is 111 Å². The molecule has 0 amide bonds. The number of hydrogen-bond acceptors (Lipinski definition) is 3. The number of rotatable bonds is 4. The maximum atomic E-state index is 12.9. The van der Waals surface area contributed by atoms with Crippen LogP contribution in [0.5, 0.6) is 0 Å². The Morgan fingerprint density at radius 1 is 1.33 bits per heavy atom. The molecule has 18 heavy (non-hydrogen) atoms. The molecule has 3 nitrogen and oxygen atoms in total. The zero-order valence-corrected chi connectivity index (χ0v) is 11.0. The second kappa shape index (κ2) is 7.28. The van der Waals surface area contributed by atoms with E-state index < -0.39 is 23.6 Å². The molecule has 1 rings (SSSR count). The minimum Gasteiger partial charge on any atom is -0.460 e. The molecule has 0 fully saturated rings. The van der Waals surface area contributed by atoms with Crippen LogP contribution in [0.15, 0.2) is 18.2 Å². The van der Waals surface area contributed by atoms with E-state index in [1.165, 1.54) is 6.07 Å². The molecule has 1 aromatic rings. The minimum atomic E-state index is -0.966. The van der Waals surface area contributed by atoms with Crippen LogP contribution in [0.1, 0.15) is 19.4 Å². The van der Waals surface area contributed by atoms with Crippen molar-refractivity contribution in [1.29, 1.82) is 0 Å². The first-order chi connectivity index (χ1) is 7.91. The SMILES string of the molecule is CC(C)[C@H](N)C(=O)OCc1ccc(F)c(F)c1.Cl. The average Bonchev–Trinajstić information content (AvgIpc) is 2.29. The molecule has 0 unspecified atom stereocenters. The van der Waals surface area contributed by atoms with E-state index in [1.54, 1.807) is 13.8 Å². The van der Waals surface area contributed by atoms with E-state index in [1.807, 2.05) is 0 Å². The molecule has 0 spiro atoms. The Kier molecular flexibility index (Phi) is 6.80. The molecule has 0 aromatic heterocycles. The van der Waals surface area contributed by atoms with Gasteiger partial charge in [-0.3, -0.25) is 4.79 Å². The number of carbonyl (C=O) groups excluding carboxylic acids is 1. The molecule has 1 atom stereocenters. The minimum absolute atomic E-state index is 0. The largest absolute Gasteiger partial charge is 0.460 e. The van der Waals surface area contributed by atoms with E-state index in [-0.39, 0.29) is 24.9 Å². The lowest BCUT2D eigenvalue weighted by Crippen LogP contribution is -2.36. The fourth-order valence-corrected chi connectivity index (χ4v) is 1.15. The van der Waals surface area contributed by atoms with Crippen LogP contribution >= 0.6 is 12.4 Å². The normalized spacial score (nSPS) is 11.9. The third kappa shape index (κ3) is 4.58. The third-order valence-corrected chi connectivity index (χ3v) is 2.36. The Hall–Kier alpha value is -1.20. The highest BCUT2D eigenvalue weighted by Crippen LogP contribution is 2.10. The summed E-state index contributed by atoms with van der Waals surface area (Å²) in [5.74, 6) is -2.48. The van der Waals surface area contributed by atoms with Gasteiger partial charge >= 0.3 is 5.97 Å². The molecule has 0 aliphatic heterocycles. The topological polar surface area (TPSA) is 52.3 Å². The van der Waals surface area contributed by atoms with E-state index in [4.69, 9.17) is 10.5 Å². The first-order valence-corrected chi connectivity index (χ1v) is 5.28. The van der Waals surface area contributed by atoms with Crippen LogP contribution in [0, 0.1) is 17.6 Å². The predicted molar refractivity (Wildman–Crippen MR) is 66.2 cm³/mol. The van der Waals surface area contributed by atoms with Crippen molar-refractivity contribution in [3.8, 4) is 0 Å². The van der Waals surface area contributed by atoms with Gasteiger partial charge in [0.2, 0.25) is 0 Å². The van der Waals surface area contributed by atoms with Gasteiger partial charge in [0, 0.05) is 0 Å². The van der Waals surface area contributed by atoms with Gasteiger partial charge in [-0.2, -0.15) is 0 Å². The number of esters is 1. The summed E-state index contributed by atoms with van der Waals surface area (Å²) in [4.78, 5) is 11.4. The second-order valence-corrected chi connectivity index (χ2v) is 4.13. The van der Waals surface area contributed by atoms with E-state index in [0.29, 0.717) is 5.56 Å². The van der Waals surface area contributed by atoms with Gasteiger partial charge in [-0.15, -0.1) is 12.4 Å². The first kappa shape index (κ1) is 16.8. The van der Waals surface area contributed by atoms with Gasteiger partial charge in [0.15, 0.2) is 11.6 Å². The molecule has 0 radical (unpaired) electrons. The summed E-state index contributed by atoms with van der Waals surface area (Å²) >= 11 is 0. The van der Waals surface area contributed by atoms with Crippen LogP contribution in [-0.2, 0) is 16.1 Å². The maximum Gasteiger partial charge on any atom is 0.323 e. The van der Waals surface area contributed by atoms with Crippen LogP contribution < -0.4 is 5.73 Å². The molecule has 6 heteroatoms. The summed E-state index contributed by atoms with van der Waals surface area (Å²) in [7, 11) is 0. The highest BCUT2D eigenvalue weighted by molar-refractivity contribution is 5.85. The average molecular weight is 280 g/mol. The van der Waals surface area contributed by atoms with Crippen LogP contribution in [0.25, 0.3) is 0 Å². The van der Waals surface area contributed by atoms with E-state index in [2.05, 4.69) is 0 Å². The second-order valence-electron chi connectivity index (χ2n) is 4.13. The van der Waals surface area contributed by atoms with Gasteiger partial charge in [0.05, 0.1) is 0 Å². The molecule has 0 aliphatic carbocycles. The lowest BCUT2D eigenvalue weighted by atomic mass is 10.1. The number of nitrogens with two attached hydrogens (primary N) is 1. The fourth-order valence-electron chi connectivity index (χ4n) is 1.15. The van der Waals surface area contributed by atoms with E-state index in [0.717, 1.165) is 12.1 Å². The predicted octanol–water partition coefficient (Wildman–Crippen LogP) is 2.41. The Balaban J connectivity index is 0.00000289. The zero-order chi connectivity index (χ0) is 13.0. The molecule has 0 aliphatic rings. The Bertz CT molecular complexity index is 413. The molecular formula is C12H16ClF2NO2. The number of benzene rings is 1. The van der Waals surface area contributed by atoms with Crippen molar-refractivity contribution in [1.82, 2.24) is 0 Å². The van der Waals surface area contributed by atoms with Crippen molar-refractivity contribution in [3.05, 3.63) is 35.4 Å².